The van der Waals surface area contributed by atoms with Crippen LogP contribution in [-0.2, 0) is 22.5 Å². The van der Waals surface area contributed by atoms with Crippen molar-refractivity contribution in [1.82, 2.24) is 4.90 Å². The first-order valence-corrected chi connectivity index (χ1v) is 7.15. The van der Waals surface area contributed by atoms with Crippen LogP contribution in [0.5, 0.6) is 0 Å². The quantitative estimate of drug-likeness (QED) is 0.778. The molecular weight excluding hydrogens is 238 g/mol. The van der Waals surface area contributed by atoms with Gasteiger partial charge in [-0.1, -0.05) is 24.3 Å². The Morgan fingerprint density at radius 1 is 1.21 bits per heavy atom. The van der Waals surface area contributed by atoms with Gasteiger partial charge in [0.25, 0.3) is 0 Å². The summed E-state index contributed by atoms with van der Waals surface area (Å²) < 4.78 is 5.39. The number of ether oxygens (including phenoxy) is 1. The Morgan fingerprint density at radius 3 is 2.68 bits per heavy atom. The third-order valence-corrected chi connectivity index (χ3v) is 4.49. The van der Waals surface area contributed by atoms with Gasteiger partial charge in [-0.3, -0.25) is 4.90 Å². The van der Waals surface area contributed by atoms with Crippen molar-refractivity contribution in [3.05, 3.63) is 35.4 Å². The van der Waals surface area contributed by atoms with Gasteiger partial charge < -0.3 is 9.53 Å². The van der Waals surface area contributed by atoms with Gasteiger partial charge in [0.2, 0.25) is 0 Å². The molecule has 2 heterocycles. The highest BCUT2D eigenvalue weighted by atomic mass is 16.5. The predicted octanol–water partition coefficient (Wildman–Crippen LogP) is 2.04. The molecule has 3 heteroatoms. The number of aldehydes is 1. The van der Waals surface area contributed by atoms with E-state index in [9.17, 15) is 4.79 Å². The Labute approximate surface area is 114 Å². The van der Waals surface area contributed by atoms with Gasteiger partial charge in [-0.05, 0) is 30.4 Å². The standard InChI is InChI=1S/C16H21NO2/c18-13-16(6-9-19-10-7-16)12-17-8-5-14-3-1-2-4-15(14)11-17/h1-4,13H,5-12H2. The zero-order chi connectivity index (χ0) is 13.1. The summed E-state index contributed by atoms with van der Waals surface area (Å²) in [4.78, 5) is 14.0. The Morgan fingerprint density at radius 2 is 1.95 bits per heavy atom. The minimum Gasteiger partial charge on any atom is -0.381 e. The maximum Gasteiger partial charge on any atom is 0.127 e. The van der Waals surface area contributed by atoms with Crippen molar-refractivity contribution in [2.45, 2.75) is 25.8 Å². The zero-order valence-electron chi connectivity index (χ0n) is 11.3. The molecule has 0 amide bonds. The van der Waals surface area contributed by atoms with Crippen LogP contribution in [0, 0.1) is 5.41 Å². The molecule has 2 aliphatic rings. The van der Waals surface area contributed by atoms with Gasteiger partial charge in [-0.15, -0.1) is 0 Å². The van der Waals surface area contributed by atoms with Crippen LogP contribution < -0.4 is 0 Å². The van der Waals surface area contributed by atoms with E-state index in [4.69, 9.17) is 4.74 Å². The fraction of sp³-hybridized carbons (Fsp3) is 0.562. The van der Waals surface area contributed by atoms with Gasteiger partial charge >= 0.3 is 0 Å². The van der Waals surface area contributed by atoms with E-state index in [0.29, 0.717) is 0 Å². The number of benzene rings is 1. The van der Waals surface area contributed by atoms with Crippen molar-refractivity contribution in [2.24, 2.45) is 5.41 Å². The van der Waals surface area contributed by atoms with E-state index < -0.39 is 0 Å². The maximum atomic E-state index is 11.5. The van der Waals surface area contributed by atoms with E-state index in [1.54, 1.807) is 0 Å². The molecule has 1 aromatic carbocycles. The highest BCUT2D eigenvalue weighted by Gasteiger charge is 2.34. The molecule has 0 spiro atoms. The Hall–Kier alpha value is -1.19. The highest BCUT2D eigenvalue weighted by molar-refractivity contribution is 5.60. The molecule has 19 heavy (non-hydrogen) atoms. The molecular formula is C16H21NO2. The molecule has 0 atom stereocenters. The minimum absolute atomic E-state index is 0.176. The first-order valence-electron chi connectivity index (χ1n) is 7.15. The van der Waals surface area contributed by atoms with E-state index in [0.717, 1.165) is 52.1 Å². The van der Waals surface area contributed by atoms with Crippen LogP contribution in [-0.4, -0.2) is 37.5 Å². The number of carbonyl (C=O) groups is 1. The number of rotatable bonds is 3. The number of nitrogens with zero attached hydrogens (tertiary/aromatic N) is 1. The zero-order valence-corrected chi connectivity index (χ0v) is 11.3. The van der Waals surface area contributed by atoms with Crippen LogP contribution in [0.4, 0.5) is 0 Å². The van der Waals surface area contributed by atoms with E-state index in [-0.39, 0.29) is 5.41 Å². The van der Waals surface area contributed by atoms with Crippen molar-refractivity contribution >= 4 is 6.29 Å². The summed E-state index contributed by atoms with van der Waals surface area (Å²) in [5, 5.41) is 0. The van der Waals surface area contributed by atoms with Gasteiger partial charge in [-0.2, -0.15) is 0 Å². The van der Waals surface area contributed by atoms with Crippen molar-refractivity contribution in [3.63, 3.8) is 0 Å². The lowest BCUT2D eigenvalue weighted by atomic mass is 9.80. The molecule has 0 aromatic heterocycles. The fourth-order valence-electron chi connectivity index (χ4n) is 3.23. The summed E-state index contributed by atoms with van der Waals surface area (Å²) in [6.07, 6.45) is 4.01. The highest BCUT2D eigenvalue weighted by Crippen LogP contribution is 2.31. The summed E-state index contributed by atoms with van der Waals surface area (Å²) in [6, 6.07) is 8.64. The van der Waals surface area contributed by atoms with Gasteiger partial charge in [0, 0.05) is 38.3 Å². The van der Waals surface area contributed by atoms with Crippen LogP contribution in [0.1, 0.15) is 24.0 Å². The molecule has 0 N–H and O–H groups in total. The topological polar surface area (TPSA) is 29.5 Å². The second-order valence-corrected chi connectivity index (χ2v) is 5.82. The molecule has 102 valence electrons. The molecule has 0 bridgehead atoms. The summed E-state index contributed by atoms with van der Waals surface area (Å²) in [7, 11) is 0. The van der Waals surface area contributed by atoms with E-state index in [2.05, 4.69) is 29.2 Å². The average Bonchev–Trinajstić information content (AvgIpc) is 2.48. The maximum absolute atomic E-state index is 11.5. The smallest absolute Gasteiger partial charge is 0.127 e. The van der Waals surface area contributed by atoms with Crippen molar-refractivity contribution in [3.8, 4) is 0 Å². The Bertz CT molecular complexity index is 452. The summed E-state index contributed by atoms with van der Waals surface area (Å²) in [5.74, 6) is 0. The monoisotopic (exact) mass is 259 g/mol. The molecule has 3 nitrogen and oxygen atoms in total. The molecule has 2 aliphatic heterocycles. The van der Waals surface area contributed by atoms with Crippen LogP contribution in [0.25, 0.3) is 0 Å². The van der Waals surface area contributed by atoms with Gasteiger partial charge in [-0.25, -0.2) is 0 Å². The molecule has 0 unspecified atom stereocenters. The SMILES string of the molecule is O=CC1(CN2CCc3ccccc3C2)CCOCC1. The minimum atomic E-state index is -0.176. The lowest BCUT2D eigenvalue weighted by Gasteiger charge is -2.38. The fourth-order valence-corrected chi connectivity index (χ4v) is 3.23. The van der Waals surface area contributed by atoms with Crippen LogP contribution in [0.15, 0.2) is 24.3 Å². The van der Waals surface area contributed by atoms with E-state index in [1.165, 1.54) is 17.4 Å². The van der Waals surface area contributed by atoms with Crippen molar-refractivity contribution < 1.29 is 9.53 Å². The number of fused-ring (bicyclic) bond motifs is 1. The van der Waals surface area contributed by atoms with Gasteiger partial charge in [0.15, 0.2) is 0 Å². The van der Waals surface area contributed by atoms with Gasteiger partial charge in [0.05, 0.1) is 0 Å². The molecule has 0 saturated carbocycles. The molecule has 1 aromatic rings. The summed E-state index contributed by atoms with van der Waals surface area (Å²) in [6.45, 7) is 4.38. The van der Waals surface area contributed by atoms with Crippen molar-refractivity contribution in [2.75, 3.05) is 26.3 Å². The number of hydrogen-bond acceptors (Lipinski definition) is 3. The Kier molecular flexibility index (Phi) is 3.67. The molecule has 0 radical (unpaired) electrons. The molecule has 3 rings (SSSR count). The second kappa shape index (κ2) is 5.43. The second-order valence-electron chi connectivity index (χ2n) is 5.82. The normalized spacial score (nSPS) is 22.7. The molecule has 1 fully saturated rings. The average molecular weight is 259 g/mol. The van der Waals surface area contributed by atoms with Gasteiger partial charge in [0.1, 0.15) is 6.29 Å². The van der Waals surface area contributed by atoms with E-state index >= 15 is 0 Å². The first-order chi connectivity index (χ1) is 9.31. The third kappa shape index (κ3) is 2.72. The lowest BCUT2D eigenvalue weighted by molar-refractivity contribution is -0.123. The predicted molar refractivity (Wildman–Crippen MR) is 74.0 cm³/mol. The molecule has 0 aliphatic carbocycles. The largest absolute Gasteiger partial charge is 0.381 e. The van der Waals surface area contributed by atoms with Crippen LogP contribution in [0.2, 0.25) is 0 Å². The van der Waals surface area contributed by atoms with Crippen LogP contribution >= 0.6 is 0 Å². The number of carbonyl (C=O) groups excluding carboxylic acids is 1. The lowest BCUT2D eigenvalue weighted by Crippen LogP contribution is -2.44. The summed E-state index contributed by atoms with van der Waals surface area (Å²) in [5.41, 5.74) is 2.71. The van der Waals surface area contributed by atoms with Crippen LogP contribution in [0.3, 0.4) is 0 Å². The molecule has 1 saturated heterocycles. The number of hydrogen-bond donors (Lipinski definition) is 0. The third-order valence-electron chi connectivity index (χ3n) is 4.49. The first kappa shape index (κ1) is 12.8. The summed E-state index contributed by atoms with van der Waals surface area (Å²) >= 11 is 0. The van der Waals surface area contributed by atoms with E-state index in [1.807, 2.05) is 0 Å². The van der Waals surface area contributed by atoms with Crippen molar-refractivity contribution in [1.29, 1.82) is 0 Å². The Balaban J connectivity index is 1.69.